The molecule has 4 N–H and O–H groups in total. The number of benzene rings is 1. The zero-order chi connectivity index (χ0) is 34.6. The maximum Gasteiger partial charge on any atom is 0.357 e. The number of carbonyl (C=O) groups is 3. The Labute approximate surface area is 279 Å². The minimum absolute atomic E-state index is 0.0591. The highest BCUT2D eigenvalue weighted by Gasteiger charge is 2.70. The number of carboxylic acid groups (broad SMARTS) is 1. The molecular weight excluding hydrogens is 594 g/mol. The first kappa shape index (κ1) is 34.5. The van der Waals surface area contributed by atoms with Gasteiger partial charge in [-0.25, -0.2) is 4.79 Å². The van der Waals surface area contributed by atoms with Crippen molar-refractivity contribution in [2.24, 2.45) is 50.2 Å². The molecule has 4 unspecified atom stereocenters. The summed E-state index contributed by atoms with van der Waals surface area (Å²) < 4.78 is 0. The van der Waals surface area contributed by atoms with Crippen LogP contribution in [0.4, 0.5) is 0 Å². The largest absolute Gasteiger partial charge is 0.478 e. The SMILES string of the molecule is CC1(C(=O)C(c2ccccc2)[C@@](O)(C(=O)O)N(O)O)CC[C@]2(C)CC[C@]3(C)C(=CC(=O)C4[C@@]5(C)CCCC(C)(C)C5CC[C@]43C)[C@@H]2C1. The third-order valence-electron chi connectivity index (χ3n) is 15.3. The van der Waals surface area contributed by atoms with Crippen LogP contribution < -0.4 is 0 Å². The molecule has 8 nitrogen and oxygen atoms in total. The summed E-state index contributed by atoms with van der Waals surface area (Å²) in [7, 11) is 0. The Balaban J connectivity index is 1.43. The standard InChI is InChI=1S/C39H55NO7/c1-33(2)15-11-16-36(5)28(33)14-17-38(7)30(36)27(41)22-25-26-23-35(4,19-18-34(26,3)20-21-37(25,38)6)31(42)29(24-12-9-8-10-13-24)39(45,32(43)44)40(46)47/h8-10,12-13,22,26,28-30,45-47H,11,14-21,23H2,1-7H3,(H,43,44)/t26-,28?,29?,30?,34+,35?,36-,37+,38+,39+/m0/s1. The van der Waals surface area contributed by atoms with Crippen molar-refractivity contribution in [2.75, 3.05) is 0 Å². The quantitative estimate of drug-likeness (QED) is 0.183. The van der Waals surface area contributed by atoms with E-state index in [2.05, 4.69) is 41.5 Å². The van der Waals surface area contributed by atoms with Crippen LogP contribution >= 0.6 is 0 Å². The molecule has 1 aromatic rings. The number of carboxylic acids is 1. The first-order valence-electron chi connectivity index (χ1n) is 17.7. The highest BCUT2D eigenvalue weighted by Crippen LogP contribution is 2.75. The number of hydroxylamine groups is 2. The highest BCUT2D eigenvalue weighted by atomic mass is 16.8. The summed E-state index contributed by atoms with van der Waals surface area (Å²) in [4.78, 5) is 41.8. The number of aliphatic hydroxyl groups is 1. The van der Waals surface area contributed by atoms with E-state index in [4.69, 9.17) is 0 Å². The molecule has 5 aliphatic carbocycles. The molecule has 0 spiro atoms. The molecule has 1 aromatic carbocycles. The van der Waals surface area contributed by atoms with Crippen LogP contribution in [0.5, 0.6) is 0 Å². The molecule has 5 aliphatic rings. The lowest BCUT2D eigenvalue weighted by molar-refractivity contribution is -0.405. The predicted octanol–water partition coefficient (Wildman–Crippen LogP) is 7.56. The maximum absolute atomic E-state index is 14.8. The van der Waals surface area contributed by atoms with Crippen LogP contribution in [0.3, 0.4) is 0 Å². The van der Waals surface area contributed by atoms with E-state index in [1.54, 1.807) is 18.2 Å². The molecule has 6 rings (SSSR count). The van der Waals surface area contributed by atoms with Gasteiger partial charge in [0, 0.05) is 11.3 Å². The van der Waals surface area contributed by atoms with Crippen molar-refractivity contribution >= 4 is 17.5 Å². The molecule has 0 heterocycles. The third kappa shape index (κ3) is 4.64. The van der Waals surface area contributed by atoms with Gasteiger partial charge in [-0.1, -0.05) is 90.8 Å². The monoisotopic (exact) mass is 649 g/mol. The van der Waals surface area contributed by atoms with Crippen molar-refractivity contribution in [3.05, 3.63) is 47.5 Å². The molecule has 0 aromatic heterocycles. The summed E-state index contributed by atoms with van der Waals surface area (Å²) in [5, 5.41) is 40.8. The number of ketones is 2. The van der Waals surface area contributed by atoms with Gasteiger partial charge in [-0.2, -0.15) is 0 Å². The Morgan fingerprint density at radius 3 is 2.15 bits per heavy atom. The molecule has 0 amide bonds. The summed E-state index contributed by atoms with van der Waals surface area (Å²) in [5.74, 6) is -3.69. The molecule has 4 saturated carbocycles. The van der Waals surface area contributed by atoms with Crippen LogP contribution in [0.25, 0.3) is 0 Å². The molecule has 0 aliphatic heterocycles. The molecule has 8 heteroatoms. The molecule has 0 bridgehead atoms. The zero-order valence-electron chi connectivity index (χ0n) is 29.3. The van der Waals surface area contributed by atoms with Crippen LogP contribution in [0.1, 0.15) is 124 Å². The van der Waals surface area contributed by atoms with E-state index in [9.17, 15) is 35.0 Å². The number of nitrogens with zero attached hydrogens (tertiary/aromatic N) is 1. The van der Waals surface area contributed by atoms with Gasteiger partial charge in [-0.3, -0.25) is 20.0 Å². The van der Waals surface area contributed by atoms with E-state index in [1.807, 2.05) is 13.0 Å². The van der Waals surface area contributed by atoms with Crippen molar-refractivity contribution in [3.63, 3.8) is 0 Å². The van der Waals surface area contributed by atoms with Gasteiger partial charge >= 0.3 is 5.97 Å². The normalized spacial score (nSPS) is 42.9. The van der Waals surface area contributed by atoms with Gasteiger partial charge in [0.05, 0.1) is 0 Å². The van der Waals surface area contributed by atoms with Crippen LogP contribution in [0.15, 0.2) is 42.0 Å². The van der Waals surface area contributed by atoms with Gasteiger partial charge in [-0.15, -0.1) is 0 Å². The van der Waals surface area contributed by atoms with Gasteiger partial charge in [0.15, 0.2) is 11.6 Å². The van der Waals surface area contributed by atoms with Gasteiger partial charge in [0.2, 0.25) is 0 Å². The molecule has 0 saturated heterocycles. The Hall–Kier alpha value is -2.39. The number of allylic oxidation sites excluding steroid dienone is 2. The van der Waals surface area contributed by atoms with Gasteiger partial charge in [0.25, 0.3) is 5.72 Å². The van der Waals surface area contributed by atoms with Crippen LogP contribution in [-0.4, -0.2) is 49.1 Å². The third-order valence-corrected chi connectivity index (χ3v) is 15.3. The van der Waals surface area contributed by atoms with Crippen LogP contribution in [0, 0.1) is 50.2 Å². The number of aliphatic carboxylic acids is 1. The summed E-state index contributed by atoms with van der Waals surface area (Å²) in [6, 6.07) is 8.02. The van der Waals surface area contributed by atoms with Crippen molar-refractivity contribution in [2.45, 2.75) is 124 Å². The number of hydrogen-bond acceptors (Lipinski definition) is 7. The number of carbonyl (C=O) groups excluding carboxylic acids is 2. The summed E-state index contributed by atoms with van der Waals surface area (Å²) in [5.41, 5.74) is -3.55. The smallest absolute Gasteiger partial charge is 0.357 e. The van der Waals surface area contributed by atoms with E-state index in [1.165, 1.54) is 18.6 Å². The lowest BCUT2D eigenvalue weighted by Crippen LogP contribution is -2.65. The van der Waals surface area contributed by atoms with E-state index < -0.39 is 34.0 Å². The van der Waals surface area contributed by atoms with Crippen molar-refractivity contribution in [1.29, 1.82) is 0 Å². The minimum atomic E-state index is -3.30. The molecule has 258 valence electrons. The molecule has 0 radical (unpaired) electrons. The van der Waals surface area contributed by atoms with E-state index >= 15 is 0 Å². The second kappa shape index (κ2) is 10.8. The molecule has 4 fully saturated rings. The molecular formula is C39H55NO7. The second-order valence-electron chi connectivity index (χ2n) is 18.1. The Morgan fingerprint density at radius 1 is 0.894 bits per heavy atom. The average Bonchev–Trinajstić information content (AvgIpc) is 2.98. The number of hydrogen-bond donors (Lipinski definition) is 4. The molecule has 10 atom stereocenters. The number of fused-ring (bicyclic) bond motifs is 7. The average molecular weight is 650 g/mol. The Kier molecular flexibility index (Phi) is 7.92. The van der Waals surface area contributed by atoms with Crippen molar-refractivity contribution < 1.29 is 35.0 Å². The minimum Gasteiger partial charge on any atom is -0.478 e. The Bertz CT molecular complexity index is 1500. The van der Waals surface area contributed by atoms with Gasteiger partial charge < -0.3 is 10.2 Å². The number of rotatable bonds is 6. The Morgan fingerprint density at radius 2 is 1.53 bits per heavy atom. The van der Waals surface area contributed by atoms with Gasteiger partial charge in [-0.05, 0) is 114 Å². The summed E-state index contributed by atoms with van der Waals surface area (Å²) >= 11 is 0. The van der Waals surface area contributed by atoms with Crippen LogP contribution in [0.2, 0.25) is 0 Å². The van der Waals surface area contributed by atoms with Crippen molar-refractivity contribution in [3.8, 4) is 0 Å². The van der Waals surface area contributed by atoms with Crippen LogP contribution in [-0.2, 0) is 14.4 Å². The van der Waals surface area contributed by atoms with Gasteiger partial charge in [0.1, 0.15) is 5.92 Å². The van der Waals surface area contributed by atoms with E-state index in [0.717, 1.165) is 44.1 Å². The first-order chi connectivity index (χ1) is 21.7. The fourth-order valence-corrected chi connectivity index (χ4v) is 12.4. The first-order valence-corrected chi connectivity index (χ1v) is 17.7. The highest BCUT2D eigenvalue weighted by molar-refractivity contribution is 5.98. The zero-order valence-corrected chi connectivity index (χ0v) is 29.3. The number of Topliss-reactive ketones (excluding diaryl/α,β-unsaturated/α-hetero) is 1. The topological polar surface area (TPSA) is 135 Å². The summed E-state index contributed by atoms with van der Waals surface area (Å²) in [6.45, 7) is 16.0. The van der Waals surface area contributed by atoms with E-state index in [0.29, 0.717) is 25.2 Å². The maximum atomic E-state index is 14.8. The van der Waals surface area contributed by atoms with E-state index in [-0.39, 0.29) is 50.3 Å². The fraction of sp³-hybridized carbons (Fsp3) is 0.718. The van der Waals surface area contributed by atoms with Crippen molar-refractivity contribution in [1.82, 2.24) is 5.23 Å². The second-order valence-corrected chi connectivity index (χ2v) is 18.1. The molecule has 47 heavy (non-hydrogen) atoms. The lowest BCUT2D eigenvalue weighted by atomic mass is 9.33. The summed E-state index contributed by atoms with van der Waals surface area (Å²) in [6.07, 6.45) is 11.0. The predicted molar refractivity (Wildman–Crippen MR) is 176 cm³/mol. The lowest BCUT2D eigenvalue weighted by Gasteiger charge is -2.70. The fourth-order valence-electron chi connectivity index (χ4n) is 12.4.